The van der Waals surface area contributed by atoms with E-state index in [0.717, 1.165) is 5.82 Å². The molecular formula is C8H12N6. The Bertz CT molecular complexity index is 388. The molecule has 0 saturated carbocycles. The van der Waals surface area contributed by atoms with Gasteiger partial charge >= 0.3 is 0 Å². The quantitative estimate of drug-likeness (QED) is 0.710. The SMILES string of the molecule is CC(C)n1ncnc1Cn1cncn1. The molecule has 0 N–H and O–H groups in total. The molecule has 0 aliphatic carbocycles. The Morgan fingerprint density at radius 2 is 2.14 bits per heavy atom. The maximum atomic E-state index is 4.18. The maximum absolute atomic E-state index is 4.18. The predicted octanol–water partition coefficient (Wildman–Crippen LogP) is 0.499. The lowest BCUT2D eigenvalue weighted by molar-refractivity contribution is 0.487. The normalized spacial score (nSPS) is 11.1. The Morgan fingerprint density at radius 3 is 2.79 bits per heavy atom. The van der Waals surface area contributed by atoms with Gasteiger partial charge in [0.2, 0.25) is 0 Å². The molecular weight excluding hydrogens is 180 g/mol. The molecule has 6 heteroatoms. The van der Waals surface area contributed by atoms with Gasteiger partial charge in [-0.3, -0.25) is 0 Å². The van der Waals surface area contributed by atoms with Gasteiger partial charge in [-0.15, -0.1) is 0 Å². The summed E-state index contributed by atoms with van der Waals surface area (Å²) in [6.45, 7) is 4.75. The Hall–Kier alpha value is -1.72. The molecule has 2 rings (SSSR count). The molecule has 0 aliphatic rings. The van der Waals surface area contributed by atoms with Crippen LogP contribution < -0.4 is 0 Å². The Morgan fingerprint density at radius 1 is 1.29 bits per heavy atom. The zero-order chi connectivity index (χ0) is 9.97. The fourth-order valence-corrected chi connectivity index (χ4v) is 1.28. The largest absolute Gasteiger partial charge is 0.246 e. The van der Waals surface area contributed by atoms with Crippen LogP contribution in [-0.4, -0.2) is 29.5 Å². The number of hydrogen-bond acceptors (Lipinski definition) is 4. The second-order valence-electron chi connectivity index (χ2n) is 3.31. The van der Waals surface area contributed by atoms with Crippen LogP contribution in [0, 0.1) is 0 Å². The summed E-state index contributed by atoms with van der Waals surface area (Å²) in [4.78, 5) is 8.05. The molecule has 0 radical (unpaired) electrons. The summed E-state index contributed by atoms with van der Waals surface area (Å²) in [5.74, 6) is 0.894. The Kier molecular flexibility index (Phi) is 2.26. The van der Waals surface area contributed by atoms with Gasteiger partial charge in [-0.2, -0.15) is 10.2 Å². The third kappa shape index (κ3) is 1.63. The van der Waals surface area contributed by atoms with Crippen molar-refractivity contribution in [3.63, 3.8) is 0 Å². The summed E-state index contributed by atoms with van der Waals surface area (Å²) in [5.41, 5.74) is 0. The number of aromatic nitrogens is 6. The van der Waals surface area contributed by atoms with Crippen molar-refractivity contribution in [2.24, 2.45) is 0 Å². The highest BCUT2D eigenvalue weighted by molar-refractivity contribution is 4.86. The first-order valence-corrected chi connectivity index (χ1v) is 4.48. The minimum atomic E-state index is 0.316. The standard InChI is InChI=1S/C8H12N6/c1-7(2)14-8(10-5-12-14)3-13-6-9-4-11-13/h4-7H,3H2,1-2H3. The van der Waals surface area contributed by atoms with Crippen LogP contribution >= 0.6 is 0 Å². The van der Waals surface area contributed by atoms with E-state index in [2.05, 4.69) is 34.0 Å². The molecule has 0 bridgehead atoms. The van der Waals surface area contributed by atoms with E-state index in [-0.39, 0.29) is 0 Å². The van der Waals surface area contributed by atoms with E-state index in [1.165, 1.54) is 6.33 Å². The molecule has 0 aromatic carbocycles. The molecule has 0 fully saturated rings. The van der Waals surface area contributed by atoms with Crippen molar-refractivity contribution in [2.75, 3.05) is 0 Å². The molecule has 14 heavy (non-hydrogen) atoms. The second kappa shape index (κ2) is 3.57. The lowest BCUT2D eigenvalue weighted by Crippen LogP contribution is -2.12. The Labute approximate surface area is 81.6 Å². The van der Waals surface area contributed by atoms with Gasteiger partial charge in [0.15, 0.2) is 0 Å². The van der Waals surface area contributed by atoms with Crippen LogP contribution in [-0.2, 0) is 6.54 Å². The monoisotopic (exact) mass is 192 g/mol. The molecule has 0 amide bonds. The van der Waals surface area contributed by atoms with Crippen LogP contribution in [0.1, 0.15) is 25.7 Å². The first kappa shape index (κ1) is 8.86. The molecule has 0 unspecified atom stereocenters. The number of hydrogen-bond donors (Lipinski definition) is 0. The fourth-order valence-electron chi connectivity index (χ4n) is 1.28. The highest BCUT2D eigenvalue weighted by Crippen LogP contribution is 2.05. The van der Waals surface area contributed by atoms with E-state index in [1.54, 1.807) is 17.3 Å². The number of nitrogens with zero attached hydrogens (tertiary/aromatic N) is 6. The minimum absolute atomic E-state index is 0.316. The summed E-state index contributed by atoms with van der Waals surface area (Å²) in [6.07, 6.45) is 4.74. The van der Waals surface area contributed by atoms with Crippen LogP contribution in [0.4, 0.5) is 0 Å². The van der Waals surface area contributed by atoms with Crippen LogP contribution in [0.25, 0.3) is 0 Å². The minimum Gasteiger partial charge on any atom is -0.246 e. The average Bonchev–Trinajstić information content (AvgIpc) is 2.75. The van der Waals surface area contributed by atoms with Crippen LogP contribution in [0.15, 0.2) is 19.0 Å². The van der Waals surface area contributed by atoms with Crippen LogP contribution in [0.5, 0.6) is 0 Å². The average molecular weight is 192 g/mol. The molecule has 2 aromatic heterocycles. The summed E-state index contributed by atoms with van der Waals surface area (Å²) in [6, 6.07) is 0.316. The van der Waals surface area contributed by atoms with Gasteiger partial charge in [0.25, 0.3) is 0 Å². The molecule has 0 aliphatic heterocycles. The van der Waals surface area contributed by atoms with E-state index in [9.17, 15) is 0 Å². The van der Waals surface area contributed by atoms with Gasteiger partial charge in [-0.25, -0.2) is 19.3 Å². The summed E-state index contributed by atoms with van der Waals surface area (Å²) in [7, 11) is 0. The third-order valence-electron chi connectivity index (χ3n) is 1.91. The van der Waals surface area contributed by atoms with Crippen molar-refractivity contribution in [1.29, 1.82) is 0 Å². The predicted molar refractivity (Wildman–Crippen MR) is 49.5 cm³/mol. The molecule has 74 valence electrons. The van der Waals surface area contributed by atoms with E-state index >= 15 is 0 Å². The summed E-state index contributed by atoms with van der Waals surface area (Å²) < 4.78 is 3.60. The van der Waals surface area contributed by atoms with Crippen LogP contribution in [0.2, 0.25) is 0 Å². The molecule has 0 saturated heterocycles. The molecule has 2 heterocycles. The van der Waals surface area contributed by atoms with E-state index in [0.29, 0.717) is 12.6 Å². The van der Waals surface area contributed by atoms with Crippen molar-refractivity contribution in [3.05, 3.63) is 24.8 Å². The lowest BCUT2D eigenvalue weighted by Gasteiger charge is -2.08. The Balaban J connectivity index is 2.21. The molecule has 0 atom stereocenters. The third-order valence-corrected chi connectivity index (χ3v) is 1.91. The van der Waals surface area contributed by atoms with Crippen molar-refractivity contribution in [2.45, 2.75) is 26.4 Å². The highest BCUT2D eigenvalue weighted by atomic mass is 15.4. The lowest BCUT2D eigenvalue weighted by atomic mass is 10.4. The molecule has 2 aromatic rings. The topological polar surface area (TPSA) is 61.4 Å². The van der Waals surface area contributed by atoms with Gasteiger partial charge in [-0.05, 0) is 13.8 Å². The van der Waals surface area contributed by atoms with Gasteiger partial charge in [0.1, 0.15) is 31.4 Å². The first-order chi connectivity index (χ1) is 6.77. The summed E-state index contributed by atoms with van der Waals surface area (Å²) in [5, 5.41) is 8.16. The maximum Gasteiger partial charge on any atom is 0.148 e. The van der Waals surface area contributed by atoms with Gasteiger partial charge < -0.3 is 0 Å². The van der Waals surface area contributed by atoms with Gasteiger partial charge in [0, 0.05) is 6.04 Å². The van der Waals surface area contributed by atoms with E-state index in [1.807, 2.05) is 4.68 Å². The van der Waals surface area contributed by atoms with Crippen molar-refractivity contribution in [1.82, 2.24) is 29.5 Å². The van der Waals surface area contributed by atoms with Crippen LogP contribution in [0.3, 0.4) is 0 Å². The smallest absolute Gasteiger partial charge is 0.148 e. The van der Waals surface area contributed by atoms with E-state index in [4.69, 9.17) is 0 Å². The first-order valence-electron chi connectivity index (χ1n) is 4.48. The van der Waals surface area contributed by atoms with Crippen molar-refractivity contribution >= 4 is 0 Å². The molecule has 0 spiro atoms. The van der Waals surface area contributed by atoms with Crippen molar-refractivity contribution in [3.8, 4) is 0 Å². The van der Waals surface area contributed by atoms with Gasteiger partial charge in [-0.1, -0.05) is 0 Å². The fraction of sp³-hybridized carbons (Fsp3) is 0.500. The molecule has 6 nitrogen and oxygen atoms in total. The zero-order valence-electron chi connectivity index (χ0n) is 8.20. The second-order valence-corrected chi connectivity index (χ2v) is 3.31. The number of rotatable bonds is 3. The highest BCUT2D eigenvalue weighted by Gasteiger charge is 2.07. The van der Waals surface area contributed by atoms with Crippen molar-refractivity contribution < 1.29 is 0 Å². The van der Waals surface area contributed by atoms with E-state index < -0.39 is 0 Å². The van der Waals surface area contributed by atoms with Gasteiger partial charge in [0.05, 0.1) is 0 Å². The zero-order valence-corrected chi connectivity index (χ0v) is 8.20. The summed E-state index contributed by atoms with van der Waals surface area (Å²) >= 11 is 0.